The van der Waals surface area contributed by atoms with Crippen molar-refractivity contribution in [1.29, 1.82) is 0 Å². The Morgan fingerprint density at radius 2 is 2.00 bits per heavy atom. The van der Waals surface area contributed by atoms with E-state index in [0.717, 1.165) is 0 Å². The largest absolute Gasteiger partial charge is 0.481 e. The van der Waals surface area contributed by atoms with E-state index in [2.05, 4.69) is 0 Å². The van der Waals surface area contributed by atoms with Crippen molar-refractivity contribution in [1.82, 2.24) is 0 Å². The maximum atomic E-state index is 12.1. The van der Waals surface area contributed by atoms with Crippen LogP contribution in [-0.4, -0.2) is 22.6 Å². The summed E-state index contributed by atoms with van der Waals surface area (Å²) in [5.41, 5.74) is -1.16. The first-order valence-electron chi connectivity index (χ1n) is 5.55. The molecule has 2 unspecified atom stereocenters. The lowest BCUT2D eigenvalue weighted by Crippen LogP contribution is -2.24. The third-order valence-electron chi connectivity index (χ3n) is 3.78. The van der Waals surface area contributed by atoms with Crippen molar-refractivity contribution < 1.29 is 19.5 Å². The van der Waals surface area contributed by atoms with Gasteiger partial charge in [-0.3, -0.25) is 14.4 Å². The molecule has 0 aliphatic heterocycles. The van der Waals surface area contributed by atoms with Crippen LogP contribution in [0.5, 0.6) is 0 Å². The zero-order valence-electron chi connectivity index (χ0n) is 9.58. The fourth-order valence-corrected chi connectivity index (χ4v) is 2.87. The van der Waals surface area contributed by atoms with Crippen LogP contribution in [0, 0.1) is 16.7 Å². The summed E-state index contributed by atoms with van der Waals surface area (Å²) in [6.45, 7) is 3.78. The molecule has 0 aromatic carbocycles. The van der Waals surface area contributed by atoms with Crippen LogP contribution in [0.15, 0.2) is 0 Å². The van der Waals surface area contributed by atoms with E-state index >= 15 is 0 Å². The molecule has 2 rings (SSSR count). The molecule has 4 heteroatoms. The summed E-state index contributed by atoms with van der Waals surface area (Å²) in [4.78, 5) is 34.7. The minimum absolute atomic E-state index is 0.0317. The van der Waals surface area contributed by atoms with Crippen LogP contribution < -0.4 is 0 Å². The highest BCUT2D eigenvalue weighted by Crippen LogP contribution is 2.60. The summed E-state index contributed by atoms with van der Waals surface area (Å²) < 4.78 is 0. The molecule has 0 saturated heterocycles. The number of fused-ring (bicyclic) bond motifs is 1. The van der Waals surface area contributed by atoms with Crippen LogP contribution in [0.4, 0.5) is 0 Å². The second-order valence-electron chi connectivity index (χ2n) is 5.89. The minimum atomic E-state index is -0.983. The minimum Gasteiger partial charge on any atom is -0.481 e. The first-order chi connectivity index (χ1) is 7.27. The molecule has 0 amide bonds. The Hall–Kier alpha value is -1.19. The lowest BCUT2D eigenvalue weighted by molar-refractivity contribution is -0.142. The average molecular weight is 224 g/mol. The van der Waals surface area contributed by atoms with E-state index in [9.17, 15) is 14.4 Å². The molecule has 0 radical (unpaired) electrons. The lowest BCUT2D eigenvalue weighted by Gasteiger charge is -2.21. The van der Waals surface area contributed by atoms with Crippen LogP contribution in [0.2, 0.25) is 0 Å². The van der Waals surface area contributed by atoms with Crippen molar-refractivity contribution in [3.63, 3.8) is 0 Å². The topological polar surface area (TPSA) is 71.4 Å². The summed E-state index contributed by atoms with van der Waals surface area (Å²) in [5, 5.41) is 8.82. The summed E-state index contributed by atoms with van der Waals surface area (Å²) in [5.74, 6) is -1.27. The fourth-order valence-electron chi connectivity index (χ4n) is 2.87. The normalized spacial score (nSPS) is 36.5. The Balaban J connectivity index is 2.27. The van der Waals surface area contributed by atoms with E-state index in [4.69, 9.17) is 5.11 Å². The second kappa shape index (κ2) is 3.15. The van der Waals surface area contributed by atoms with Gasteiger partial charge in [-0.05, 0) is 11.8 Å². The third-order valence-corrected chi connectivity index (χ3v) is 3.78. The van der Waals surface area contributed by atoms with E-state index in [1.807, 2.05) is 13.8 Å². The number of rotatable bonds is 2. The van der Waals surface area contributed by atoms with Gasteiger partial charge in [0.05, 0.1) is 6.42 Å². The van der Waals surface area contributed by atoms with Crippen molar-refractivity contribution >= 4 is 17.5 Å². The van der Waals surface area contributed by atoms with Crippen LogP contribution in [0.25, 0.3) is 0 Å². The van der Waals surface area contributed by atoms with Gasteiger partial charge in [0, 0.05) is 24.2 Å². The summed E-state index contributed by atoms with van der Waals surface area (Å²) in [7, 11) is 0. The highest BCUT2D eigenvalue weighted by atomic mass is 16.4. The smallest absolute Gasteiger partial charge is 0.304 e. The molecular formula is C12H16O4. The number of Topliss-reactive ketones (excluding diaryl/α,β-unsaturated/α-hetero) is 2. The van der Waals surface area contributed by atoms with Gasteiger partial charge < -0.3 is 5.11 Å². The average Bonchev–Trinajstić information content (AvgIpc) is 2.76. The van der Waals surface area contributed by atoms with E-state index in [1.54, 1.807) is 0 Å². The maximum Gasteiger partial charge on any atom is 0.304 e. The number of ketones is 2. The quantitative estimate of drug-likeness (QED) is 0.770. The van der Waals surface area contributed by atoms with Crippen LogP contribution in [-0.2, 0) is 14.4 Å². The van der Waals surface area contributed by atoms with Crippen molar-refractivity contribution in [3.05, 3.63) is 0 Å². The van der Waals surface area contributed by atoms with Crippen LogP contribution in [0.3, 0.4) is 0 Å². The Morgan fingerprint density at radius 1 is 1.38 bits per heavy atom. The van der Waals surface area contributed by atoms with Gasteiger partial charge in [-0.2, -0.15) is 0 Å². The molecule has 2 fully saturated rings. The molecular weight excluding hydrogens is 208 g/mol. The number of carbonyl (C=O) groups excluding carboxylic acids is 2. The van der Waals surface area contributed by atoms with Gasteiger partial charge in [0.1, 0.15) is 11.6 Å². The van der Waals surface area contributed by atoms with E-state index < -0.39 is 11.4 Å². The van der Waals surface area contributed by atoms with Gasteiger partial charge in [0.2, 0.25) is 0 Å². The zero-order valence-corrected chi connectivity index (χ0v) is 9.58. The van der Waals surface area contributed by atoms with Crippen molar-refractivity contribution in [2.75, 3.05) is 0 Å². The zero-order chi connectivity index (χ0) is 12.1. The van der Waals surface area contributed by atoms with E-state index in [1.165, 1.54) is 0 Å². The molecule has 2 saturated carbocycles. The maximum absolute atomic E-state index is 12.1. The van der Waals surface area contributed by atoms with Crippen molar-refractivity contribution in [2.45, 2.75) is 39.5 Å². The number of hydrogen-bond donors (Lipinski definition) is 1. The van der Waals surface area contributed by atoms with E-state index in [-0.39, 0.29) is 29.3 Å². The van der Waals surface area contributed by atoms with Gasteiger partial charge in [-0.1, -0.05) is 13.8 Å². The van der Waals surface area contributed by atoms with Gasteiger partial charge in [0.25, 0.3) is 0 Å². The molecule has 0 heterocycles. The predicted molar refractivity (Wildman–Crippen MR) is 55.8 cm³/mol. The lowest BCUT2D eigenvalue weighted by atomic mass is 9.81. The van der Waals surface area contributed by atoms with Crippen LogP contribution in [0.1, 0.15) is 39.5 Å². The fraction of sp³-hybridized carbons (Fsp3) is 0.750. The Labute approximate surface area is 94.0 Å². The second-order valence-corrected chi connectivity index (χ2v) is 5.89. The molecule has 88 valence electrons. The Bertz CT molecular complexity index is 382. The summed E-state index contributed by atoms with van der Waals surface area (Å²) in [6, 6.07) is 0. The summed E-state index contributed by atoms with van der Waals surface area (Å²) in [6.07, 6.45) is 0.985. The number of hydrogen-bond acceptors (Lipinski definition) is 3. The van der Waals surface area contributed by atoms with Gasteiger partial charge in [-0.15, -0.1) is 0 Å². The number of carboxylic acid groups (broad SMARTS) is 1. The van der Waals surface area contributed by atoms with Gasteiger partial charge >= 0.3 is 5.97 Å². The highest BCUT2D eigenvalue weighted by Gasteiger charge is 2.65. The number of carbonyl (C=O) groups is 3. The van der Waals surface area contributed by atoms with Crippen molar-refractivity contribution in [2.24, 2.45) is 16.7 Å². The molecule has 0 aromatic rings. The monoisotopic (exact) mass is 224 g/mol. The molecule has 0 aromatic heterocycles. The van der Waals surface area contributed by atoms with Gasteiger partial charge in [-0.25, -0.2) is 0 Å². The summed E-state index contributed by atoms with van der Waals surface area (Å²) >= 11 is 0. The molecule has 0 spiro atoms. The Kier molecular flexibility index (Phi) is 2.23. The molecule has 0 bridgehead atoms. The molecule has 4 nitrogen and oxygen atoms in total. The molecule has 1 N–H and O–H groups in total. The molecule has 16 heavy (non-hydrogen) atoms. The third kappa shape index (κ3) is 1.66. The van der Waals surface area contributed by atoms with Crippen molar-refractivity contribution in [3.8, 4) is 0 Å². The number of aliphatic carboxylic acids is 1. The standard InChI is InChI=1S/C12H16O4/c1-11(2)4-8(13)7-3-12(7,6-10(15)16)9(14)5-11/h7H,3-6H2,1-2H3,(H,15,16). The molecule has 2 aliphatic rings. The number of carboxylic acids is 1. The molecule has 2 atom stereocenters. The SMILES string of the molecule is CC1(C)CC(=O)C2CC2(CC(=O)O)C(=O)C1. The van der Waals surface area contributed by atoms with E-state index in [0.29, 0.717) is 19.3 Å². The Morgan fingerprint density at radius 3 is 2.56 bits per heavy atom. The highest BCUT2D eigenvalue weighted by molar-refractivity contribution is 6.02. The predicted octanol–water partition coefficient (Wildman–Crippen LogP) is 1.43. The molecule has 2 aliphatic carbocycles. The van der Waals surface area contributed by atoms with Gasteiger partial charge in [0.15, 0.2) is 0 Å². The van der Waals surface area contributed by atoms with Crippen LogP contribution >= 0.6 is 0 Å². The first kappa shape index (κ1) is 11.3. The first-order valence-corrected chi connectivity index (χ1v) is 5.55.